The largest absolute Gasteiger partial charge is 0.483 e. The van der Waals surface area contributed by atoms with Crippen LogP contribution in [0.4, 0.5) is 4.79 Å². The molecule has 2 fully saturated rings. The van der Waals surface area contributed by atoms with Gasteiger partial charge in [0.25, 0.3) is 11.8 Å². The molecule has 45 heavy (non-hydrogen) atoms. The summed E-state index contributed by atoms with van der Waals surface area (Å²) < 4.78 is 11.3. The summed E-state index contributed by atoms with van der Waals surface area (Å²) >= 11 is 0. The first-order valence-corrected chi connectivity index (χ1v) is 15.7. The summed E-state index contributed by atoms with van der Waals surface area (Å²) in [6.45, 7) is 6.10. The van der Waals surface area contributed by atoms with Crippen LogP contribution >= 0.6 is 0 Å². The van der Waals surface area contributed by atoms with Crippen molar-refractivity contribution in [3.8, 4) is 5.75 Å². The summed E-state index contributed by atoms with van der Waals surface area (Å²) in [7, 11) is 0. The van der Waals surface area contributed by atoms with Crippen LogP contribution in [0.15, 0.2) is 54.6 Å². The smallest absolute Gasteiger partial charge is 0.409 e. The normalized spacial score (nSPS) is 16.5. The number of fused-ring (bicyclic) bond motifs is 1. The molecule has 11 heteroatoms. The SMILES string of the molecule is CCCCOC(=O)N1CCN(C(=O)CNC(=O)c2cc(OCC(=O)N3CCCC3c3ccccc3)c3ccc(C)cc3n2)CC1. The zero-order valence-corrected chi connectivity index (χ0v) is 26.0. The lowest BCUT2D eigenvalue weighted by molar-refractivity contribution is -0.134. The molecule has 2 aliphatic heterocycles. The second kappa shape index (κ2) is 14.9. The fourth-order valence-corrected chi connectivity index (χ4v) is 5.74. The molecule has 2 aromatic carbocycles. The van der Waals surface area contributed by atoms with E-state index in [0.717, 1.165) is 36.8 Å². The van der Waals surface area contributed by atoms with Crippen LogP contribution in [0.5, 0.6) is 5.75 Å². The Balaban J connectivity index is 1.20. The molecule has 0 radical (unpaired) electrons. The van der Waals surface area contributed by atoms with E-state index < -0.39 is 5.91 Å². The van der Waals surface area contributed by atoms with Crippen molar-refractivity contribution in [3.63, 3.8) is 0 Å². The monoisotopic (exact) mass is 615 g/mol. The number of aryl methyl sites for hydroxylation is 1. The molecule has 0 spiro atoms. The number of benzene rings is 2. The summed E-state index contributed by atoms with van der Waals surface area (Å²) in [6.07, 6.45) is 3.22. The summed E-state index contributed by atoms with van der Waals surface area (Å²) in [6, 6.07) is 17.2. The summed E-state index contributed by atoms with van der Waals surface area (Å²) in [4.78, 5) is 61.1. The Labute approximate surface area is 263 Å². The molecule has 3 aromatic rings. The second-order valence-electron chi connectivity index (χ2n) is 11.5. The molecule has 238 valence electrons. The highest BCUT2D eigenvalue weighted by Crippen LogP contribution is 2.32. The highest BCUT2D eigenvalue weighted by molar-refractivity contribution is 5.98. The van der Waals surface area contributed by atoms with Gasteiger partial charge in [-0.3, -0.25) is 14.4 Å². The van der Waals surface area contributed by atoms with Crippen molar-refractivity contribution in [3.05, 3.63) is 71.4 Å². The van der Waals surface area contributed by atoms with Crippen LogP contribution in [-0.4, -0.2) is 96.0 Å². The minimum absolute atomic E-state index is 0.0144. The molecule has 0 aliphatic carbocycles. The maximum atomic E-state index is 13.3. The Morgan fingerprint density at radius 3 is 2.44 bits per heavy atom. The minimum atomic E-state index is -0.523. The number of piperazine rings is 1. The van der Waals surface area contributed by atoms with E-state index in [4.69, 9.17) is 9.47 Å². The number of hydrogen-bond donors (Lipinski definition) is 1. The number of amides is 4. The van der Waals surface area contributed by atoms with Crippen LogP contribution in [0.25, 0.3) is 10.9 Å². The van der Waals surface area contributed by atoms with Gasteiger partial charge in [-0.1, -0.05) is 49.7 Å². The third-order valence-corrected chi connectivity index (χ3v) is 8.28. The van der Waals surface area contributed by atoms with Gasteiger partial charge in [-0.25, -0.2) is 9.78 Å². The third-order valence-electron chi connectivity index (χ3n) is 8.28. The third kappa shape index (κ3) is 7.89. The number of ether oxygens (including phenoxy) is 2. The van der Waals surface area contributed by atoms with E-state index in [1.54, 1.807) is 9.80 Å². The van der Waals surface area contributed by atoms with E-state index in [2.05, 4.69) is 10.3 Å². The van der Waals surface area contributed by atoms with Gasteiger partial charge in [0.2, 0.25) is 5.91 Å². The fourth-order valence-electron chi connectivity index (χ4n) is 5.74. The van der Waals surface area contributed by atoms with E-state index >= 15 is 0 Å². The molecular formula is C34H41N5O6. The number of nitrogens with zero attached hydrogens (tertiary/aromatic N) is 4. The van der Waals surface area contributed by atoms with Crippen molar-refractivity contribution in [2.75, 3.05) is 52.5 Å². The quantitative estimate of drug-likeness (QED) is 0.341. The molecule has 1 unspecified atom stereocenters. The van der Waals surface area contributed by atoms with Crippen LogP contribution < -0.4 is 10.1 Å². The molecule has 2 aliphatic rings. The molecule has 1 aromatic heterocycles. The van der Waals surface area contributed by atoms with Crippen molar-refractivity contribution in [1.29, 1.82) is 0 Å². The number of rotatable bonds is 10. The molecule has 0 saturated carbocycles. The van der Waals surface area contributed by atoms with E-state index in [9.17, 15) is 19.2 Å². The summed E-state index contributed by atoms with van der Waals surface area (Å²) in [5, 5.41) is 3.36. The number of nitrogens with one attached hydrogen (secondary N) is 1. The average molecular weight is 616 g/mol. The summed E-state index contributed by atoms with van der Waals surface area (Å²) in [5.74, 6) is -0.518. The van der Waals surface area contributed by atoms with Crippen molar-refractivity contribution < 1.29 is 28.7 Å². The maximum Gasteiger partial charge on any atom is 0.409 e. The van der Waals surface area contributed by atoms with Gasteiger partial charge in [-0.05, 0) is 49.4 Å². The maximum absolute atomic E-state index is 13.3. The zero-order chi connectivity index (χ0) is 31.8. The van der Waals surface area contributed by atoms with Crippen molar-refractivity contribution in [1.82, 2.24) is 25.0 Å². The molecule has 4 amide bonds. The van der Waals surface area contributed by atoms with Crippen LogP contribution in [0.3, 0.4) is 0 Å². The second-order valence-corrected chi connectivity index (χ2v) is 11.5. The highest BCUT2D eigenvalue weighted by atomic mass is 16.6. The molecule has 1 atom stereocenters. The lowest BCUT2D eigenvalue weighted by Gasteiger charge is -2.34. The van der Waals surface area contributed by atoms with E-state index in [1.807, 2.05) is 67.3 Å². The number of hydrogen-bond acceptors (Lipinski definition) is 7. The first-order chi connectivity index (χ1) is 21.8. The van der Waals surface area contributed by atoms with Crippen LogP contribution in [0.1, 0.15) is 60.3 Å². The van der Waals surface area contributed by atoms with Crippen LogP contribution in [0.2, 0.25) is 0 Å². The predicted molar refractivity (Wildman–Crippen MR) is 169 cm³/mol. The van der Waals surface area contributed by atoms with Gasteiger partial charge < -0.3 is 29.5 Å². The minimum Gasteiger partial charge on any atom is -0.483 e. The number of carbonyl (C=O) groups is 4. The molecule has 0 bridgehead atoms. The first kappa shape index (κ1) is 31.7. The van der Waals surface area contributed by atoms with Crippen LogP contribution in [0, 0.1) is 6.92 Å². The Kier molecular flexibility index (Phi) is 10.5. The van der Waals surface area contributed by atoms with Gasteiger partial charge in [0, 0.05) is 44.2 Å². The van der Waals surface area contributed by atoms with Gasteiger partial charge in [-0.2, -0.15) is 0 Å². The Morgan fingerprint density at radius 2 is 1.69 bits per heavy atom. The summed E-state index contributed by atoms with van der Waals surface area (Å²) in [5.41, 5.74) is 2.71. The van der Waals surface area contributed by atoms with E-state index in [0.29, 0.717) is 56.0 Å². The zero-order valence-electron chi connectivity index (χ0n) is 26.0. The lowest BCUT2D eigenvalue weighted by Crippen LogP contribution is -2.52. The fraction of sp³-hybridized carbons (Fsp3) is 0.441. The first-order valence-electron chi connectivity index (χ1n) is 15.7. The van der Waals surface area contributed by atoms with Gasteiger partial charge in [0.1, 0.15) is 11.4 Å². The average Bonchev–Trinajstić information content (AvgIpc) is 3.56. The van der Waals surface area contributed by atoms with Crippen molar-refractivity contribution >= 4 is 34.7 Å². The lowest BCUT2D eigenvalue weighted by atomic mass is 10.0. The topological polar surface area (TPSA) is 121 Å². The Bertz CT molecular complexity index is 1520. The number of carbonyl (C=O) groups excluding carboxylic acids is 4. The van der Waals surface area contributed by atoms with Crippen molar-refractivity contribution in [2.24, 2.45) is 0 Å². The molecule has 11 nitrogen and oxygen atoms in total. The molecule has 3 heterocycles. The number of pyridine rings is 1. The number of likely N-dealkylation sites (tertiary alicyclic amines) is 1. The highest BCUT2D eigenvalue weighted by Gasteiger charge is 2.30. The number of unbranched alkanes of at least 4 members (excludes halogenated alkanes) is 1. The predicted octanol–water partition coefficient (Wildman–Crippen LogP) is 4.10. The Hall–Kier alpha value is -4.67. The van der Waals surface area contributed by atoms with Gasteiger partial charge >= 0.3 is 6.09 Å². The van der Waals surface area contributed by atoms with Gasteiger partial charge in [0.15, 0.2) is 6.61 Å². The van der Waals surface area contributed by atoms with E-state index in [1.165, 1.54) is 6.07 Å². The standard InChI is InChI=1S/C34H41N5O6/c1-3-4-19-44-34(43)38-17-15-37(16-18-38)31(40)22-35-33(42)28-21-30(26-13-12-24(2)20-27(26)36-28)45-23-32(41)39-14-8-11-29(39)25-9-6-5-7-10-25/h5-7,9-10,12-13,20-21,29H,3-4,8,11,14-19,22-23H2,1-2H3,(H,35,42). The molecule has 5 rings (SSSR count). The molecular weight excluding hydrogens is 574 g/mol. The molecule has 2 saturated heterocycles. The van der Waals surface area contributed by atoms with Crippen LogP contribution in [-0.2, 0) is 14.3 Å². The van der Waals surface area contributed by atoms with Gasteiger partial charge in [0.05, 0.1) is 24.7 Å². The number of aromatic nitrogens is 1. The Morgan fingerprint density at radius 1 is 0.933 bits per heavy atom. The molecule has 1 N–H and O–H groups in total. The van der Waals surface area contributed by atoms with E-state index in [-0.39, 0.29) is 42.8 Å². The van der Waals surface area contributed by atoms with Gasteiger partial charge in [-0.15, -0.1) is 0 Å². The van der Waals surface area contributed by atoms with Crippen molar-refractivity contribution in [2.45, 2.75) is 45.6 Å².